The number of nitrogens with one attached hydrogen (secondary N) is 1. The van der Waals surface area contributed by atoms with Crippen LogP contribution < -0.4 is 5.32 Å². The zero-order chi connectivity index (χ0) is 19.1. The number of fused-ring (bicyclic) bond motifs is 2. The average Bonchev–Trinajstić information content (AvgIpc) is 3.40. The first-order valence-corrected chi connectivity index (χ1v) is 9.26. The summed E-state index contributed by atoms with van der Waals surface area (Å²) in [5.41, 5.74) is 0.970. The molecule has 1 fully saturated rings. The quantitative estimate of drug-likeness (QED) is 0.703. The number of aromatic nitrogens is 2. The number of hydrogen-bond donors (Lipinski definition) is 1. The molecule has 1 aromatic carbocycles. The van der Waals surface area contributed by atoms with Crippen molar-refractivity contribution in [2.24, 2.45) is 0 Å². The van der Waals surface area contributed by atoms with Crippen molar-refractivity contribution in [1.82, 2.24) is 20.4 Å². The van der Waals surface area contributed by atoms with Gasteiger partial charge in [-0.05, 0) is 48.9 Å². The van der Waals surface area contributed by atoms with Gasteiger partial charge in [0.2, 0.25) is 11.7 Å². The highest BCUT2D eigenvalue weighted by molar-refractivity contribution is 6.07. The third-order valence-corrected chi connectivity index (χ3v) is 5.40. The van der Waals surface area contributed by atoms with Gasteiger partial charge in [-0.2, -0.15) is 4.98 Å². The van der Waals surface area contributed by atoms with Crippen molar-refractivity contribution in [1.29, 1.82) is 0 Å². The van der Waals surface area contributed by atoms with Gasteiger partial charge in [0.05, 0.1) is 6.26 Å². The maximum Gasteiger partial charge on any atom is 0.325 e. The van der Waals surface area contributed by atoms with Gasteiger partial charge in [0.1, 0.15) is 12.1 Å². The lowest BCUT2D eigenvalue weighted by Crippen LogP contribution is -2.44. The van der Waals surface area contributed by atoms with Crippen LogP contribution in [-0.4, -0.2) is 27.0 Å². The molecule has 3 aromatic rings. The fourth-order valence-electron chi connectivity index (χ4n) is 4.08. The Morgan fingerprint density at radius 1 is 1.14 bits per heavy atom. The fraction of sp³-hybridized carbons (Fsp3) is 0.300. The zero-order valence-corrected chi connectivity index (χ0v) is 15.1. The molecule has 8 nitrogen and oxygen atoms in total. The molecule has 1 N–H and O–H groups in total. The van der Waals surface area contributed by atoms with Crippen LogP contribution in [0.3, 0.4) is 0 Å². The molecule has 0 saturated carbocycles. The van der Waals surface area contributed by atoms with Crippen molar-refractivity contribution in [3.05, 3.63) is 59.7 Å². The van der Waals surface area contributed by atoms with Crippen LogP contribution in [0.4, 0.5) is 4.79 Å². The molecule has 3 amide bonds. The van der Waals surface area contributed by atoms with Gasteiger partial charge in [-0.15, -0.1) is 0 Å². The second-order valence-electron chi connectivity index (χ2n) is 7.08. The summed E-state index contributed by atoms with van der Waals surface area (Å²) in [5, 5.41) is 6.81. The number of amides is 3. The molecule has 1 atom stereocenters. The van der Waals surface area contributed by atoms with E-state index in [1.807, 2.05) is 24.3 Å². The smallest absolute Gasteiger partial charge is 0.325 e. The molecule has 28 heavy (non-hydrogen) atoms. The first-order valence-electron chi connectivity index (χ1n) is 9.26. The van der Waals surface area contributed by atoms with E-state index in [0.29, 0.717) is 12.2 Å². The number of carbonyl (C=O) groups is 2. The highest BCUT2D eigenvalue weighted by Crippen LogP contribution is 2.39. The van der Waals surface area contributed by atoms with Crippen LogP contribution in [0.1, 0.15) is 36.3 Å². The van der Waals surface area contributed by atoms with Crippen molar-refractivity contribution >= 4 is 11.9 Å². The molecular formula is C20H18N4O4. The minimum Gasteiger partial charge on any atom is -0.461 e. The Morgan fingerprint density at radius 3 is 2.89 bits per heavy atom. The second-order valence-corrected chi connectivity index (χ2v) is 7.08. The van der Waals surface area contributed by atoms with Crippen molar-refractivity contribution in [3.63, 3.8) is 0 Å². The van der Waals surface area contributed by atoms with Crippen LogP contribution in [0.15, 0.2) is 51.6 Å². The van der Waals surface area contributed by atoms with Crippen LogP contribution in [0.2, 0.25) is 0 Å². The van der Waals surface area contributed by atoms with Crippen LogP contribution in [0.5, 0.6) is 0 Å². The first-order chi connectivity index (χ1) is 13.7. The lowest BCUT2D eigenvalue weighted by Gasteiger charge is -2.27. The van der Waals surface area contributed by atoms with Gasteiger partial charge < -0.3 is 14.3 Å². The second kappa shape index (κ2) is 6.33. The molecule has 1 spiro atoms. The molecule has 142 valence electrons. The fourth-order valence-corrected chi connectivity index (χ4v) is 4.08. The van der Waals surface area contributed by atoms with E-state index < -0.39 is 11.6 Å². The van der Waals surface area contributed by atoms with E-state index in [1.54, 1.807) is 12.1 Å². The summed E-state index contributed by atoms with van der Waals surface area (Å²) in [5.74, 6) is 0.640. The van der Waals surface area contributed by atoms with Gasteiger partial charge in [0.25, 0.3) is 5.91 Å². The van der Waals surface area contributed by atoms with E-state index in [2.05, 4.69) is 15.5 Å². The lowest BCUT2D eigenvalue weighted by atomic mass is 9.84. The van der Waals surface area contributed by atoms with Crippen molar-refractivity contribution in [2.45, 2.75) is 37.8 Å². The molecule has 1 aliphatic carbocycles. The van der Waals surface area contributed by atoms with Crippen LogP contribution >= 0.6 is 0 Å². The van der Waals surface area contributed by atoms with Gasteiger partial charge in [-0.1, -0.05) is 29.4 Å². The lowest BCUT2D eigenvalue weighted by molar-refractivity contribution is -0.132. The minimum atomic E-state index is -1.02. The van der Waals surface area contributed by atoms with E-state index in [-0.39, 0.29) is 24.2 Å². The Kier molecular flexibility index (Phi) is 3.78. The maximum atomic E-state index is 13.4. The standard InChI is InChI=1S/C20H18N4O4/c25-18-20(10-4-3-7-13-6-1-2-8-14(13)20)22-19(26)24(18)12-16-21-17(23-28-16)15-9-5-11-27-15/h1-2,5-6,8-9,11H,3-4,7,10,12H2,(H,22,26). The highest BCUT2D eigenvalue weighted by Gasteiger charge is 2.53. The predicted molar refractivity (Wildman–Crippen MR) is 96.8 cm³/mol. The van der Waals surface area contributed by atoms with E-state index in [0.717, 1.165) is 35.3 Å². The topological polar surface area (TPSA) is 101 Å². The summed E-state index contributed by atoms with van der Waals surface area (Å²) in [6, 6.07) is 10.8. The largest absolute Gasteiger partial charge is 0.461 e. The van der Waals surface area contributed by atoms with Crippen LogP contribution in [0, 0.1) is 0 Å². The molecule has 5 rings (SSSR count). The van der Waals surface area contributed by atoms with Crippen LogP contribution in [-0.2, 0) is 23.3 Å². The molecule has 3 heterocycles. The van der Waals surface area contributed by atoms with E-state index in [4.69, 9.17) is 8.94 Å². The highest BCUT2D eigenvalue weighted by atomic mass is 16.5. The van der Waals surface area contributed by atoms with E-state index >= 15 is 0 Å². The summed E-state index contributed by atoms with van der Waals surface area (Å²) in [7, 11) is 0. The molecule has 1 unspecified atom stereocenters. The third kappa shape index (κ3) is 2.52. The van der Waals surface area contributed by atoms with Gasteiger partial charge in [-0.3, -0.25) is 9.69 Å². The van der Waals surface area contributed by atoms with Gasteiger partial charge >= 0.3 is 6.03 Å². The number of furan rings is 1. The Hall–Kier alpha value is -3.42. The minimum absolute atomic E-state index is 0.0811. The van der Waals surface area contributed by atoms with Crippen LogP contribution in [0.25, 0.3) is 11.6 Å². The van der Waals surface area contributed by atoms with Gasteiger partial charge in [0, 0.05) is 0 Å². The Morgan fingerprint density at radius 2 is 2.04 bits per heavy atom. The third-order valence-electron chi connectivity index (χ3n) is 5.40. The number of urea groups is 1. The molecular weight excluding hydrogens is 360 g/mol. The summed E-state index contributed by atoms with van der Waals surface area (Å²) < 4.78 is 10.5. The number of carbonyl (C=O) groups excluding carboxylic acids is 2. The van der Waals surface area contributed by atoms with E-state index in [1.165, 1.54) is 6.26 Å². The molecule has 0 radical (unpaired) electrons. The normalized spacial score (nSPS) is 21.6. The summed E-state index contributed by atoms with van der Waals surface area (Å²) in [6.07, 6.45) is 4.83. The van der Waals surface area contributed by atoms with Crippen molar-refractivity contribution in [2.75, 3.05) is 0 Å². The Bertz CT molecular complexity index is 1040. The molecule has 8 heteroatoms. The SMILES string of the molecule is O=C1NC2(CCCCc3ccccc32)C(=O)N1Cc1nc(-c2ccco2)no1. The average molecular weight is 378 g/mol. The molecule has 1 saturated heterocycles. The molecule has 2 aliphatic rings. The Labute approximate surface area is 160 Å². The first kappa shape index (κ1) is 16.7. The summed E-state index contributed by atoms with van der Waals surface area (Å²) in [6.45, 7) is -0.0811. The van der Waals surface area contributed by atoms with Gasteiger partial charge in [0.15, 0.2) is 5.76 Å². The van der Waals surface area contributed by atoms with Gasteiger partial charge in [-0.25, -0.2) is 4.79 Å². The molecule has 0 bridgehead atoms. The van der Waals surface area contributed by atoms with Crippen molar-refractivity contribution < 1.29 is 18.5 Å². The predicted octanol–water partition coefficient (Wildman–Crippen LogP) is 3.00. The monoisotopic (exact) mass is 378 g/mol. The zero-order valence-electron chi connectivity index (χ0n) is 15.1. The number of nitrogens with zero attached hydrogens (tertiary/aromatic N) is 3. The number of benzene rings is 1. The Balaban J connectivity index is 1.45. The number of rotatable bonds is 3. The van der Waals surface area contributed by atoms with Crippen molar-refractivity contribution in [3.8, 4) is 11.6 Å². The molecule has 2 aromatic heterocycles. The number of imide groups is 1. The summed E-state index contributed by atoms with van der Waals surface area (Å²) >= 11 is 0. The number of aryl methyl sites for hydroxylation is 1. The summed E-state index contributed by atoms with van der Waals surface area (Å²) in [4.78, 5) is 31.5. The maximum absolute atomic E-state index is 13.4. The van der Waals surface area contributed by atoms with E-state index in [9.17, 15) is 9.59 Å². The molecule has 1 aliphatic heterocycles. The number of hydrogen-bond acceptors (Lipinski definition) is 6.